The summed E-state index contributed by atoms with van der Waals surface area (Å²) in [6.45, 7) is 3.41. The first-order valence-electron chi connectivity index (χ1n) is 7.02. The van der Waals surface area contributed by atoms with Gasteiger partial charge in [0.15, 0.2) is 4.77 Å². The molecule has 0 aliphatic heterocycles. The molecule has 22 heavy (non-hydrogen) atoms. The number of carbonyl (C=O) groups excluding carboxylic acids is 1. The molecule has 7 heteroatoms. The summed E-state index contributed by atoms with van der Waals surface area (Å²) in [6, 6.07) is 4.75. The van der Waals surface area contributed by atoms with Crippen LogP contribution in [0.5, 0.6) is 0 Å². The number of carbonyl (C=O) groups is 1. The van der Waals surface area contributed by atoms with Crippen LogP contribution in [0.15, 0.2) is 23.0 Å². The Morgan fingerprint density at radius 2 is 2.14 bits per heavy atom. The van der Waals surface area contributed by atoms with Gasteiger partial charge in [-0.1, -0.05) is 0 Å². The minimum Gasteiger partial charge on any atom is -0.462 e. The molecule has 0 amide bonds. The van der Waals surface area contributed by atoms with E-state index in [-0.39, 0.29) is 5.56 Å². The predicted molar refractivity (Wildman–Crippen MR) is 85.8 cm³/mol. The summed E-state index contributed by atoms with van der Waals surface area (Å²) in [5, 5.41) is 0.476. The van der Waals surface area contributed by atoms with E-state index in [4.69, 9.17) is 21.7 Å². The Morgan fingerprint density at radius 1 is 1.36 bits per heavy atom. The van der Waals surface area contributed by atoms with E-state index < -0.39 is 5.97 Å². The molecule has 118 valence electrons. The number of benzene rings is 1. The van der Waals surface area contributed by atoms with Gasteiger partial charge in [-0.3, -0.25) is 9.36 Å². The molecule has 6 nitrogen and oxygen atoms in total. The van der Waals surface area contributed by atoms with Crippen molar-refractivity contribution in [1.29, 1.82) is 0 Å². The van der Waals surface area contributed by atoms with Crippen LogP contribution in [0.25, 0.3) is 10.9 Å². The zero-order valence-electron chi connectivity index (χ0n) is 12.5. The molecule has 0 atom stereocenters. The van der Waals surface area contributed by atoms with Crippen molar-refractivity contribution >= 4 is 29.1 Å². The minimum absolute atomic E-state index is 0.199. The van der Waals surface area contributed by atoms with Gasteiger partial charge in [0.1, 0.15) is 0 Å². The Bertz CT molecular complexity index is 794. The van der Waals surface area contributed by atoms with Crippen LogP contribution in [-0.2, 0) is 16.5 Å². The maximum absolute atomic E-state index is 12.0. The molecule has 0 saturated carbocycles. The minimum atomic E-state index is -0.432. The number of fused-ring (bicyclic) bond motifs is 1. The van der Waals surface area contributed by atoms with E-state index in [0.29, 0.717) is 47.5 Å². The number of esters is 1. The fourth-order valence-electron chi connectivity index (χ4n) is 1.99. The zero-order chi connectivity index (χ0) is 16.1. The highest BCUT2D eigenvalue weighted by molar-refractivity contribution is 7.71. The monoisotopic (exact) mass is 322 g/mol. The highest BCUT2D eigenvalue weighted by atomic mass is 32.1. The average molecular weight is 322 g/mol. The van der Waals surface area contributed by atoms with Crippen molar-refractivity contribution in [2.45, 2.75) is 13.3 Å². The summed E-state index contributed by atoms with van der Waals surface area (Å²) < 4.78 is 12.0. The number of hydrogen-bond acceptors (Lipinski definition) is 5. The summed E-state index contributed by atoms with van der Waals surface area (Å²) in [7, 11) is 1.60. The standard InChI is InChI=1S/C15H18N2O4S/c1-3-20-7-4-8-21-14(19)10-5-6-11-12(9-10)16-15(22)17(2)13(11)18/h5-6,9H,3-4,7-8H2,1-2H3,(H,16,22). The molecular formula is C15H18N2O4S. The van der Waals surface area contributed by atoms with E-state index in [1.54, 1.807) is 25.2 Å². The van der Waals surface area contributed by atoms with Gasteiger partial charge in [-0.15, -0.1) is 0 Å². The van der Waals surface area contributed by atoms with Gasteiger partial charge in [-0.2, -0.15) is 0 Å². The molecule has 2 aromatic rings. The predicted octanol–water partition coefficient (Wildman–Crippen LogP) is 2.18. The van der Waals surface area contributed by atoms with Crippen molar-refractivity contribution in [2.75, 3.05) is 19.8 Å². The van der Waals surface area contributed by atoms with E-state index in [0.717, 1.165) is 0 Å². The van der Waals surface area contributed by atoms with Gasteiger partial charge in [0, 0.05) is 26.7 Å². The first-order chi connectivity index (χ1) is 10.5. The van der Waals surface area contributed by atoms with Crippen molar-refractivity contribution in [2.24, 2.45) is 7.05 Å². The Kier molecular flexibility index (Phi) is 5.46. The van der Waals surface area contributed by atoms with Crippen molar-refractivity contribution in [3.63, 3.8) is 0 Å². The lowest BCUT2D eigenvalue weighted by atomic mass is 10.1. The Balaban J connectivity index is 2.16. The lowest BCUT2D eigenvalue weighted by Gasteiger charge is -2.07. The van der Waals surface area contributed by atoms with Crippen molar-refractivity contribution < 1.29 is 14.3 Å². The molecule has 0 bridgehead atoms. The van der Waals surface area contributed by atoms with Crippen LogP contribution in [0, 0.1) is 4.77 Å². The van der Waals surface area contributed by atoms with E-state index in [1.807, 2.05) is 6.92 Å². The van der Waals surface area contributed by atoms with Crippen LogP contribution >= 0.6 is 12.2 Å². The molecule has 1 aromatic carbocycles. The van der Waals surface area contributed by atoms with Gasteiger partial charge < -0.3 is 14.5 Å². The van der Waals surface area contributed by atoms with Gasteiger partial charge in [0.05, 0.1) is 23.1 Å². The number of aromatic nitrogens is 2. The molecule has 1 aromatic heterocycles. The number of rotatable bonds is 6. The maximum atomic E-state index is 12.0. The third-order valence-electron chi connectivity index (χ3n) is 3.21. The topological polar surface area (TPSA) is 73.3 Å². The van der Waals surface area contributed by atoms with Crippen LogP contribution in [-0.4, -0.2) is 35.3 Å². The molecular weight excluding hydrogens is 304 g/mol. The second kappa shape index (κ2) is 7.33. The van der Waals surface area contributed by atoms with Crippen LogP contribution in [0.1, 0.15) is 23.7 Å². The quantitative estimate of drug-likeness (QED) is 0.501. The highest BCUT2D eigenvalue weighted by Crippen LogP contribution is 2.11. The summed E-state index contributed by atoms with van der Waals surface area (Å²) in [5.41, 5.74) is 0.704. The number of hydrogen-bond donors (Lipinski definition) is 1. The van der Waals surface area contributed by atoms with Gasteiger partial charge in [-0.05, 0) is 37.3 Å². The van der Waals surface area contributed by atoms with Gasteiger partial charge in [0.2, 0.25) is 0 Å². The third-order valence-corrected chi connectivity index (χ3v) is 3.58. The summed E-state index contributed by atoms with van der Waals surface area (Å²) in [5.74, 6) is -0.432. The number of ether oxygens (including phenoxy) is 2. The second-order valence-electron chi connectivity index (χ2n) is 4.74. The fraction of sp³-hybridized carbons (Fsp3) is 0.400. The molecule has 0 unspecified atom stereocenters. The lowest BCUT2D eigenvalue weighted by molar-refractivity contribution is 0.0452. The Hall–Kier alpha value is -1.99. The number of nitrogens with zero attached hydrogens (tertiary/aromatic N) is 1. The number of nitrogens with one attached hydrogen (secondary N) is 1. The Morgan fingerprint density at radius 3 is 2.86 bits per heavy atom. The van der Waals surface area contributed by atoms with E-state index >= 15 is 0 Å². The molecule has 0 radical (unpaired) electrons. The first kappa shape index (κ1) is 16.4. The van der Waals surface area contributed by atoms with E-state index in [2.05, 4.69) is 4.98 Å². The molecule has 0 fully saturated rings. The summed E-state index contributed by atoms with van der Waals surface area (Å²) in [6.07, 6.45) is 0.649. The second-order valence-corrected chi connectivity index (χ2v) is 5.13. The highest BCUT2D eigenvalue weighted by Gasteiger charge is 2.10. The Labute approximate surface area is 132 Å². The third kappa shape index (κ3) is 3.61. The van der Waals surface area contributed by atoms with Crippen LogP contribution in [0.4, 0.5) is 0 Å². The normalized spacial score (nSPS) is 10.8. The van der Waals surface area contributed by atoms with Gasteiger partial charge >= 0.3 is 5.97 Å². The molecule has 0 saturated heterocycles. The SMILES string of the molecule is CCOCCCOC(=O)c1ccc2c(=O)n(C)c(=S)[nH]c2c1. The molecule has 1 heterocycles. The van der Waals surface area contributed by atoms with Crippen molar-refractivity contribution in [3.8, 4) is 0 Å². The molecule has 1 N–H and O–H groups in total. The zero-order valence-corrected chi connectivity index (χ0v) is 13.4. The largest absolute Gasteiger partial charge is 0.462 e. The molecule has 0 aliphatic carbocycles. The lowest BCUT2D eigenvalue weighted by Crippen LogP contribution is -2.19. The summed E-state index contributed by atoms with van der Waals surface area (Å²) in [4.78, 5) is 26.9. The van der Waals surface area contributed by atoms with Crippen LogP contribution in [0.3, 0.4) is 0 Å². The maximum Gasteiger partial charge on any atom is 0.338 e. The first-order valence-corrected chi connectivity index (χ1v) is 7.43. The molecule has 0 spiro atoms. The smallest absolute Gasteiger partial charge is 0.338 e. The van der Waals surface area contributed by atoms with Gasteiger partial charge in [0.25, 0.3) is 5.56 Å². The fourth-order valence-corrected chi connectivity index (χ4v) is 2.18. The average Bonchev–Trinajstić information content (AvgIpc) is 2.52. The van der Waals surface area contributed by atoms with Crippen LogP contribution in [0.2, 0.25) is 0 Å². The van der Waals surface area contributed by atoms with Crippen molar-refractivity contribution in [1.82, 2.24) is 9.55 Å². The summed E-state index contributed by atoms with van der Waals surface area (Å²) >= 11 is 5.06. The number of H-pyrrole nitrogens is 1. The van der Waals surface area contributed by atoms with E-state index in [9.17, 15) is 9.59 Å². The van der Waals surface area contributed by atoms with Gasteiger partial charge in [-0.25, -0.2) is 4.79 Å². The van der Waals surface area contributed by atoms with Crippen LogP contribution < -0.4 is 5.56 Å². The molecule has 0 aliphatic rings. The van der Waals surface area contributed by atoms with E-state index in [1.165, 1.54) is 4.57 Å². The van der Waals surface area contributed by atoms with Crippen molar-refractivity contribution in [3.05, 3.63) is 38.9 Å². The number of aromatic amines is 1. The molecule has 2 rings (SSSR count).